The average Bonchev–Trinajstić information content (AvgIpc) is 3.18. The van der Waals surface area contributed by atoms with Crippen molar-refractivity contribution in [2.75, 3.05) is 18.5 Å². The Labute approximate surface area is 170 Å². The van der Waals surface area contributed by atoms with Gasteiger partial charge in [0.15, 0.2) is 5.69 Å². The topological polar surface area (TPSA) is 57.9 Å². The maximum absolute atomic E-state index is 13.4. The summed E-state index contributed by atoms with van der Waals surface area (Å²) in [7, 11) is 1.72. The van der Waals surface area contributed by atoms with Crippen LogP contribution in [0.15, 0.2) is 54.7 Å². The molecular weight excluding hydrogens is 364 g/mol. The van der Waals surface area contributed by atoms with Gasteiger partial charge in [-0.15, -0.1) is 0 Å². The van der Waals surface area contributed by atoms with Gasteiger partial charge >= 0.3 is 0 Å². The van der Waals surface area contributed by atoms with Gasteiger partial charge in [-0.05, 0) is 49.9 Å². The van der Waals surface area contributed by atoms with Gasteiger partial charge in [0.2, 0.25) is 5.82 Å². The van der Waals surface area contributed by atoms with E-state index in [0.29, 0.717) is 11.2 Å². The van der Waals surface area contributed by atoms with Gasteiger partial charge in [-0.3, -0.25) is 14.0 Å². The van der Waals surface area contributed by atoms with Crippen LogP contribution in [0, 0.1) is 0 Å². The lowest BCUT2D eigenvalue weighted by molar-refractivity contribution is 0.0604. The molecule has 6 nitrogen and oxygen atoms in total. The summed E-state index contributed by atoms with van der Waals surface area (Å²) < 4.78 is 1.72. The molecule has 2 amide bonds. The first kappa shape index (κ1) is 19.2. The van der Waals surface area contributed by atoms with Crippen LogP contribution in [0.5, 0.6) is 0 Å². The van der Waals surface area contributed by atoms with Gasteiger partial charge in [-0.2, -0.15) is 0 Å². The fourth-order valence-electron chi connectivity index (χ4n) is 4.09. The number of amides is 2. The summed E-state index contributed by atoms with van der Waals surface area (Å²) in [6, 6.07) is 15.2. The van der Waals surface area contributed by atoms with E-state index in [9.17, 15) is 9.59 Å². The van der Waals surface area contributed by atoms with Crippen molar-refractivity contribution in [3.8, 4) is 0 Å². The summed E-state index contributed by atoms with van der Waals surface area (Å²) in [6.07, 6.45) is 5.91. The second-order valence-corrected chi connectivity index (χ2v) is 7.50. The van der Waals surface area contributed by atoms with Crippen LogP contribution in [-0.4, -0.2) is 45.7 Å². The quantitative estimate of drug-likeness (QED) is 0.676. The van der Waals surface area contributed by atoms with Crippen molar-refractivity contribution in [2.24, 2.45) is 0 Å². The average molecular weight is 390 g/mol. The summed E-state index contributed by atoms with van der Waals surface area (Å²) in [5.74, 6) is -0.0795. The highest BCUT2D eigenvalue weighted by Crippen LogP contribution is 2.24. The minimum atomic E-state index is -0.248. The fourth-order valence-corrected chi connectivity index (χ4v) is 4.09. The van der Waals surface area contributed by atoms with Crippen LogP contribution in [0.4, 0.5) is 5.69 Å². The molecule has 1 aliphatic rings. The lowest BCUT2D eigenvalue weighted by Gasteiger charge is -2.34. The second kappa shape index (κ2) is 8.07. The predicted molar refractivity (Wildman–Crippen MR) is 113 cm³/mol. The first-order valence-electron chi connectivity index (χ1n) is 10.2. The highest BCUT2D eigenvalue weighted by atomic mass is 16.2. The van der Waals surface area contributed by atoms with Gasteiger partial charge in [0.25, 0.3) is 11.8 Å². The Morgan fingerprint density at radius 3 is 2.62 bits per heavy atom. The Balaban J connectivity index is 1.74. The minimum absolute atomic E-state index is 0.0818. The normalized spacial score (nSPS) is 16.8. The van der Waals surface area contributed by atoms with E-state index in [-0.39, 0.29) is 23.7 Å². The van der Waals surface area contributed by atoms with Crippen molar-refractivity contribution in [3.05, 3.63) is 66.2 Å². The number of fused-ring (bicyclic) bond motifs is 1. The third kappa shape index (κ3) is 3.50. The van der Waals surface area contributed by atoms with E-state index >= 15 is 0 Å². The number of imidazole rings is 1. The van der Waals surface area contributed by atoms with E-state index in [1.165, 1.54) is 0 Å². The number of aromatic nitrogens is 2. The Morgan fingerprint density at radius 1 is 1.10 bits per heavy atom. The molecular formula is C23H26N4O2. The van der Waals surface area contributed by atoms with Crippen molar-refractivity contribution in [2.45, 2.75) is 38.6 Å². The number of rotatable bonds is 4. The van der Waals surface area contributed by atoms with Crippen molar-refractivity contribution >= 4 is 23.0 Å². The number of likely N-dealkylation sites (tertiary alicyclic amines) is 1. The van der Waals surface area contributed by atoms with Crippen molar-refractivity contribution < 1.29 is 9.59 Å². The van der Waals surface area contributed by atoms with Gasteiger partial charge < -0.3 is 9.80 Å². The lowest BCUT2D eigenvalue weighted by atomic mass is 9.99. The summed E-state index contributed by atoms with van der Waals surface area (Å²) in [6.45, 7) is 2.86. The number of benzene rings is 1. The zero-order valence-corrected chi connectivity index (χ0v) is 16.9. The summed E-state index contributed by atoms with van der Waals surface area (Å²) in [4.78, 5) is 34.7. The Hall–Kier alpha value is -3.15. The Kier molecular flexibility index (Phi) is 5.34. The maximum Gasteiger partial charge on any atom is 0.294 e. The molecule has 3 heterocycles. The fraction of sp³-hybridized carbons (Fsp3) is 0.348. The highest BCUT2D eigenvalue weighted by molar-refractivity contribution is 6.07. The van der Waals surface area contributed by atoms with Crippen LogP contribution in [0.3, 0.4) is 0 Å². The molecule has 0 saturated carbocycles. The molecule has 1 atom stereocenters. The van der Waals surface area contributed by atoms with Crippen LogP contribution in [-0.2, 0) is 0 Å². The number of para-hydroxylation sites is 1. The van der Waals surface area contributed by atoms with E-state index in [2.05, 4.69) is 11.9 Å². The van der Waals surface area contributed by atoms with Crippen molar-refractivity contribution in [1.29, 1.82) is 0 Å². The molecule has 0 N–H and O–H groups in total. The zero-order valence-electron chi connectivity index (χ0n) is 16.9. The van der Waals surface area contributed by atoms with Crippen molar-refractivity contribution in [3.63, 3.8) is 0 Å². The van der Waals surface area contributed by atoms with E-state index in [4.69, 9.17) is 0 Å². The van der Waals surface area contributed by atoms with E-state index in [1.54, 1.807) is 22.5 Å². The molecule has 1 unspecified atom stereocenters. The molecule has 1 fully saturated rings. The van der Waals surface area contributed by atoms with Crippen molar-refractivity contribution in [1.82, 2.24) is 14.3 Å². The number of hydrogen-bond donors (Lipinski definition) is 0. The molecule has 29 heavy (non-hydrogen) atoms. The Morgan fingerprint density at radius 2 is 1.86 bits per heavy atom. The molecule has 6 heteroatoms. The van der Waals surface area contributed by atoms with E-state index in [1.807, 2.05) is 53.4 Å². The molecule has 2 aromatic heterocycles. The second-order valence-electron chi connectivity index (χ2n) is 7.50. The number of piperidine rings is 1. The molecule has 1 aliphatic heterocycles. The first-order chi connectivity index (χ1) is 14.1. The number of anilines is 1. The molecule has 4 rings (SSSR count). The van der Waals surface area contributed by atoms with Gasteiger partial charge in [-0.25, -0.2) is 4.98 Å². The molecule has 0 radical (unpaired) electrons. The van der Waals surface area contributed by atoms with E-state index < -0.39 is 0 Å². The van der Waals surface area contributed by atoms with Gasteiger partial charge in [0.1, 0.15) is 0 Å². The van der Waals surface area contributed by atoms with Crippen LogP contribution in [0.2, 0.25) is 0 Å². The van der Waals surface area contributed by atoms with Gasteiger partial charge in [-0.1, -0.05) is 31.2 Å². The molecule has 1 saturated heterocycles. The van der Waals surface area contributed by atoms with Crippen LogP contribution >= 0.6 is 0 Å². The molecule has 0 spiro atoms. The zero-order chi connectivity index (χ0) is 20.4. The van der Waals surface area contributed by atoms with E-state index in [0.717, 1.165) is 37.9 Å². The smallest absolute Gasteiger partial charge is 0.294 e. The van der Waals surface area contributed by atoms with Crippen LogP contribution in [0.25, 0.3) is 5.52 Å². The molecule has 0 aliphatic carbocycles. The molecule has 1 aromatic carbocycles. The van der Waals surface area contributed by atoms with Crippen LogP contribution < -0.4 is 4.90 Å². The lowest BCUT2D eigenvalue weighted by Crippen LogP contribution is -2.43. The monoisotopic (exact) mass is 390 g/mol. The summed E-state index contributed by atoms with van der Waals surface area (Å²) >= 11 is 0. The third-order valence-corrected chi connectivity index (χ3v) is 5.75. The van der Waals surface area contributed by atoms with Gasteiger partial charge in [0.05, 0.1) is 5.52 Å². The third-order valence-electron chi connectivity index (χ3n) is 5.75. The highest BCUT2D eigenvalue weighted by Gasteiger charge is 2.31. The number of carbonyl (C=O) groups excluding carboxylic acids is 2. The van der Waals surface area contributed by atoms with Crippen LogP contribution in [0.1, 0.15) is 53.7 Å². The predicted octanol–water partition coefficient (Wildman–Crippen LogP) is 4.02. The first-order valence-corrected chi connectivity index (χ1v) is 10.2. The Bertz CT molecular complexity index is 1030. The molecule has 150 valence electrons. The van der Waals surface area contributed by atoms with Gasteiger partial charge in [0, 0.05) is 31.5 Å². The number of pyridine rings is 1. The molecule has 0 bridgehead atoms. The molecule has 3 aromatic rings. The number of hydrogen-bond acceptors (Lipinski definition) is 3. The summed E-state index contributed by atoms with van der Waals surface area (Å²) in [5, 5.41) is 0. The summed E-state index contributed by atoms with van der Waals surface area (Å²) in [5.41, 5.74) is 1.80. The SMILES string of the molecule is CCC1CCCCN1C(=O)c1nc(C(=O)N(C)c2ccccc2)n2ccccc12. The number of nitrogens with zero attached hydrogens (tertiary/aromatic N) is 4. The largest absolute Gasteiger partial charge is 0.334 e. The standard InChI is InChI=1S/C23H26N4O2/c1-3-17-11-7-9-15-26(17)22(28)20-19-14-8-10-16-27(19)21(24-20)23(29)25(2)18-12-5-4-6-13-18/h4-6,8,10,12-14,16-17H,3,7,9,11,15H2,1-2H3. The maximum atomic E-state index is 13.4. The number of carbonyl (C=O) groups is 2. The minimum Gasteiger partial charge on any atom is -0.334 e.